The van der Waals surface area contributed by atoms with E-state index in [9.17, 15) is 4.79 Å². The zero-order chi connectivity index (χ0) is 19.5. The van der Waals surface area contributed by atoms with Crippen LogP contribution < -0.4 is 0 Å². The lowest BCUT2D eigenvalue weighted by Crippen LogP contribution is -2.44. The van der Waals surface area contributed by atoms with Crippen molar-refractivity contribution >= 4 is 5.91 Å². The third kappa shape index (κ3) is 3.71. The summed E-state index contributed by atoms with van der Waals surface area (Å²) in [4.78, 5) is 14.8. The van der Waals surface area contributed by atoms with Crippen molar-refractivity contribution in [3.8, 4) is 0 Å². The number of nitrogens with zero attached hydrogens (tertiary/aromatic N) is 4. The second-order valence-electron chi connectivity index (χ2n) is 7.07. The third-order valence-corrected chi connectivity index (χ3v) is 5.22. The molecule has 7 heteroatoms. The summed E-state index contributed by atoms with van der Waals surface area (Å²) in [7, 11) is 0. The van der Waals surface area contributed by atoms with E-state index in [-0.39, 0.29) is 18.4 Å². The van der Waals surface area contributed by atoms with Gasteiger partial charge in [-0.2, -0.15) is 5.10 Å². The van der Waals surface area contributed by atoms with Gasteiger partial charge >= 0.3 is 0 Å². The summed E-state index contributed by atoms with van der Waals surface area (Å²) in [5.41, 5.74) is 4.91. The number of hydrogen-bond donors (Lipinski definition) is 0. The van der Waals surface area contributed by atoms with Crippen LogP contribution in [0.1, 0.15) is 34.3 Å². The fraction of sp³-hybridized carbons (Fsp3) is 0.381. The van der Waals surface area contributed by atoms with Crippen LogP contribution >= 0.6 is 0 Å². The molecule has 0 aliphatic carbocycles. The topological polar surface area (TPSA) is 73.4 Å². The summed E-state index contributed by atoms with van der Waals surface area (Å²) in [6.07, 6.45) is 1.71. The molecule has 0 bridgehead atoms. The molecule has 146 valence electrons. The molecule has 3 heterocycles. The first-order valence-corrected chi connectivity index (χ1v) is 9.48. The van der Waals surface area contributed by atoms with Gasteiger partial charge in [-0.15, -0.1) is 0 Å². The molecule has 1 amide bonds. The first-order chi connectivity index (χ1) is 13.6. The third-order valence-electron chi connectivity index (χ3n) is 5.22. The van der Waals surface area contributed by atoms with Crippen LogP contribution in [0.25, 0.3) is 0 Å². The van der Waals surface area contributed by atoms with E-state index in [2.05, 4.69) is 24.2 Å². The molecule has 1 atom stereocenters. The Morgan fingerprint density at radius 1 is 1.21 bits per heavy atom. The van der Waals surface area contributed by atoms with Crippen molar-refractivity contribution in [2.24, 2.45) is 0 Å². The molecule has 2 aromatic heterocycles. The van der Waals surface area contributed by atoms with E-state index in [0.29, 0.717) is 32.0 Å². The Morgan fingerprint density at radius 3 is 2.79 bits per heavy atom. The van der Waals surface area contributed by atoms with Gasteiger partial charge in [-0.1, -0.05) is 35.5 Å². The zero-order valence-corrected chi connectivity index (χ0v) is 16.2. The maximum absolute atomic E-state index is 12.9. The maximum Gasteiger partial charge on any atom is 0.229 e. The Bertz CT molecular complexity index is 934. The molecule has 1 aliphatic heterocycles. The van der Waals surface area contributed by atoms with Gasteiger partial charge in [0, 0.05) is 23.9 Å². The van der Waals surface area contributed by atoms with E-state index < -0.39 is 0 Å². The Balaban J connectivity index is 1.59. The van der Waals surface area contributed by atoms with Crippen molar-refractivity contribution in [3.05, 3.63) is 70.9 Å². The molecule has 0 radical (unpaired) electrons. The van der Waals surface area contributed by atoms with Crippen molar-refractivity contribution in [3.63, 3.8) is 0 Å². The molecule has 1 saturated heterocycles. The SMILES string of the molecule is Cc1nn(Cc2ccccc2)c(C)c1[C@@H]1COCCN1C(=O)Cc1ccon1. The molecule has 0 spiro atoms. The Kier molecular flexibility index (Phi) is 5.25. The van der Waals surface area contributed by atoms with Crippen LogP contribution in [-0.4, -0.2) is 45.5 Å². The van der Waals surface area contributed by atoms with Gasteiger partial charge in [-0.3, -0.25) is 9.48 Å². The highest BCUT2D eigenvalue weighted by Crippen LogP contribution is 2.30. The molecule has 7 nitrogen and oxygen atoms in total. The van der Waals surface area contributed by atoms with E-state index in [1.54, 1.807) is 6.07 Å². The standard InChI is InChI=1S/C21H24N4O3/c1-15-21(16(2)25(22-15)13-17-6-4-3-5-7-17)19-14-27-11-9-24(19)20(26)12-18-8-10-28-23-18/h3-8,10,19H,9,11-14H2,1-2H3/t19-/m0/s1. The summed E-state index contributed by atoms with van der Waals surface area (Å²) in [6.45, 7) is 6.34. The summed E-state index contributed by atoms with van der Waals surface area (Å²) in [5, 5.41) is 8.61. The van der Waals surface area contributed by atoms with Crippen LogP contribution in [0.2, 0.25) is 0 Å². The van der Waals surface area contributed by atoms with Crippen molar-refractivity contribution < 1.29 is 14.1 Å². The molecule has 0 unspecified atom stereocenters. The number of amides is 1. The van der Waals surface area contributed by atoms with Crippen LogP contribution in [-0.2, 0) is 22.5 Å². The Labute approximate surface area is 163 Å². The second-order valence-corrected chi connectivity index (χ2v) is 7.07. The molecule has 1 aromatic carbocycles. The lowest BCUT2D eigenvalue weighted by molar-refractivity contribution is -0.139. The molecule has 28 heavy (non-hydrogen) atoms. The quantitative estimate of drug-likeness (QED) is 0.680. The molecule has 1 aliphatic rings. The molecule has 0 saturated carbocycles. The number of carbonyl (C=O) groups excluding carboxylic acids is 1. The first-order valence-electron chi connectivity index (χ1n) is 9.48. The first kappa shape index (κ1) is 18.4. The second kappa shape index (κ2) is 7.98. The van der Waals surface area contributed by atoms with Gasteiger partial charge in [-0.25, -0.2) is 0 Å². The van der Waals surface area contributed by atoms with E-state index in [0.717, 1.165) is 17.0 Å². The molecular weight excluding hydrogens is 356 g/mol. The fourth-order valence-electron chi connectivity index (χ4n) is 3.83. The highest BCUT2D eigenvalue weighted by atomic mass is 16.5. The van der Waals surface area contributed by atoms with Crippen molar-refractivity contribution in [1.29, 1.82) is 0 Å². The predicted molar refractivity (Wildman–Crippen MR) is 103 cm³/mol. The molecule has 0 N–H and O–H groups in total. The van der Waals surface area contributed by atoms with Gasteiger partial charge in [0.1, 0.15) is 6.26 Å². The highest BCUT2D eigenvalue weighted by molar-refractivity contribution is 5.79. The number of hydrogen-bond acceptors (Lipinski definition) is 5. The van der Waals surface area contributed by atoms with Gasteiger partial charge in [0.2, 0.25) is 5.91 Å². The van der Waals surface area contributed by atoms with Gasteiger partial charge in [-0.05, 0) is 19.4 Å². The van der Waals surface area contributed by atoms with E-state index in [4.69, 9.17) is 14.4 Å². The lowest BCUT2D eigenvalue weighted by atomic mass is 10.0. The smallest absolute Gasteiger partial charge is 0.229 e. The van der Waals surface area contributed by atoms with Crippen LogP contribution in [0.15, 0.2) is 47.2 Å². The number of aromatic nitrogens is 3. The number of ether oxygens (including phenoxy) is 1. The minimum Gasteiger partial charge on any atom is -0.377 e. The molecular formula is C21H24N4O3. The van der Waals surface area contributed by atoms with Crippen molar-refractivity contribution in [1.82, 2.24) is 19.8 Å². The normalized spacial score (nSPS) is 17.1. The van der Waals surface area contributed by atoms with Crippen LogP contribution in [0.4, 0.5) is 0 Å². The number of carbonyl (C=O) groups is 1. The largest absolute Gasteiger partial charge is 0.377 e. The average Bonchev–Trinajstić information content (AvgIpc) is 3.30. The van der Waals surface area contributed by atoms with E-state index >= 15 is 0 Å². The Morgan fingerprint density at radius 2 is 2.04 bits per heavy atom. The minimum absolute atomic E-state index is 0.0248. The lowest BCUT2D eigenvalue weighted by Gasteiger charge is -2.36. The van der Waals surface area contributed by atoms with Gasteiger partial charge in [0.15, 0.2) is 0 Å². The maximum atomic E-state index is 12.9. The monoisotopic (exact) mass is 380 g/mol. The molecule has 4 rings (SSSR count). The highest BCUT2D eigenvalue weighted by Gasteiger charge is 2.32. The number of benzene rings is 1. The molecule has 3 aromatic rings. The van der Waals surface area contributed by atoms with Crippen LogP contribution in [0, 0.1) is 13.8 Å². The van der Waals surface area contributed by atoms with Crippen molar-refractivity contribution in [2.75, 3.05) is 19.8 Å². The van der Waals surface area contributed by atoms with Gasteiger partial charge in [0.05, 0.1) is 43.6 Å². The number of rotatable bonds is 5. The van der Waals surface area contributed by atoms with E-state index in [1.165, 1.54) is 11.8 Å². The zero-order valence-electron chi connectivity index (χ0n) is 16.2. The Hall–Kier alpha value is -2.93. The predicted octanol–water partition coefficient (Wildman–Crippen LogP) is 2.68. The molecule has 1 fully saturated rings. The number of morpholine rings is 1. The summed E-state index contributed by atoms with van der Waals surface area (Å²) < 4.78 is 12.6. The minimum atomic E-state index is -0.141. The fourth-order valence-corrected chi connectivity index (χ4v) is 3.83. The summed E-state index contributed by atoms with van der Waals surface area (Å²) >= 11 is 0. The average molecular weight is 380 g/mol. The van der Waals surface area contributed by atoms with Gasteiger partial charge < -0.3 is 14.2 Å². The summed E-state index contributed by atoms with van der Waals surface area (Å²) in [5.74, 6) is 0.0248. The van der Waals surface area contributed by atoms with Crippen LogP contribution in [0.5, 0.6) is 0 Å². The van der Waals surface area contributed by atoms with Crippen molar-refractivity contribution in [2.45, 2.75) is 32.9 Å². The summed E-state index contributed by atoms with van der Waals surface area (Å²) in [6, 6.07) is 11.8. The van der Waals surface area contributed by atoms with Gasteiger partial charge in [0.25, 0.3) is 0 Å². The van der Waals surface area contributed by atoms with Crippen LogP contribution in [0.3, 0.4) is 0 Å². The van der Waals surface area contributed by atoms with E-state index in [1.807, 2.05) is 34.7 Å². The number of aryl methyl sites for hydroxylation is 1.